The molecule has 1 heterocycles. The predicted molar refractivity (Wildman–Crippen MR) is 95.1 cm³/mol. The molecule has 112 valence electrons. The largest absolute Gasteiger partial charge is 0.497 e. The van der Waals surface area contributed by atoms with Gasteiger partial charge in [-0.25, -0.2) is 4.39 Å². The van der Waals surface area contributed by atoms with Crippen molar-refractivity contribution in [3.8, 4) is 27.3 Å². The van der Waals surface area contributed by atoms with Gasteiger partial charge in [-0.1, -0.05) is 57.2 Å². The lowest BCUT2D eigenvalue weighted by atomic mass is 10.0. The third kappa shape index (κ3) is 2.84. The van der Waals surface area contributed by atoms with Crippen molar-refractivity contribution in [1.29, 1.82) is 0 Å². The molecule has 22 heavy (non-hydrogen) atoms. The third-order valence-electron chi connectivity index (χ3n) is 3.44. The molecule has 3 aromatic rings. The predicted octanol–water partition coefficient (Wildman–Crippen LogP) is 6.33. The van der Waals surface area contributed by atoms with Gasteiger partial charge in [-0.15, -0.1) is 0 Å². The fraction of sp³-hybridized carbons (Fsp3) is 0.118. The molecular weight excluding hydrogens is 335 g/mol. The van der Waals surface area contributed by atoms with E-state index in [9.17, 15) is 4.39 Å². The fourth-order valence-electron chi connectivity index (χ4n) is 2.19. The lowest BCUT2D eigenvalue weighted by Crippen LogP contribution is -1.86. The van der Waals surface area contributed by atoms with E-state index in [0.29, 0.717) is 5.56 Å². The highest BCUT2D eigenvalue weighted by Gasteiger charge is 2.14. The zero-order valence-corrected chi connectivity index (χ0v) is 14.5. The highest BCUT2D eigenvalue weighted by atomic mass is 32.9. The first-order chi connectivity index (χ1) is 10.6. The van der Waals surface area contributed by atoms with Crippen molar-refractivity contribution < 1.29 is 9.13 Å². The van der Waals surface area contributed by atoms with Crippen LogP contribution >= 0.6 is 32.9 Å². The molecule has 3 rings (SSSR count). The summed E-state index contributed by atoms with van der Waals surface area (Å²) in [6, 6.07) is 13.1. The van der Waals surface area contributed by atoms with E-state index < -0.39 is 0 Å². The average Bonchev–Trinajstić information content (AvgIpc) is 2.92. The Labute approximate surface area is 141 Å². The Bertz CT molecular complexity index is 862. The standard InChI is InChI=1S/C17H13FOS3/c1-10-3-4-12(9-14(10)18)16-15(17(20)22-21-16)11-5-7-13(19-2)8-6-11/h3-9H,1-2H3. The van der Waals surface area contributed by atoms with Gasteiger partial charge in [-0.2, -0.15) is 0 Å². The lowest BCUT2D eigenvalue weighted by molar-refractivity contribution is 0.415. The van der Waals surface area contributed by atoms with Crippen molar-refractivity contribution in [2.24, 2.45) is 0 Å². The zero-order chi connectivity index (χ0) is 15.7. The molecule has 0 N–H and O–H groups in total. The minimum absolute atomic E-state index is 0.192. The summed E-state index contributed by atoms with van der Waals surface area (Å²) in [5.74, 6) is 0.610. The van der Waals surface area contributed by atoms with Gasteiger partial charge in [0.25, 0.3) is 0 Å². The minimum Gasteiger partial charge on any atom is -0.497 e. The molecule has 0 amide bonds. The van der Waals surface area contributed by atoms with Crippen LogP contribution in [0.2, 0.25) is 0 Å². The number of hydrogen-bond acceptors (Lipinski definition) is 4. The second-order valence-electron chi connectivity index (χ2n) is 4.85. The number of benzene rings is 2. The van der Waals surface area contributed by atoms with Crippen molar-refractivity contribution in [3.05, 3.63) is 57.7 Å². The Balaban J connectivity index is 2.14. The van der Waals surface area contributed by atoms with E-state index in [1.807, 2.05) is 30.3 Å². The molecule has 0 saturated heterocycles. The summed E-state index contributed by atoms with van der Waals surface area (Å²) in [4.78, 5) is 1.01. The van der Waals surface area contributed by atoms with Crippen molar-refractivity contribution in [1.82, 2.24) is 0 Å². The smallest absolute Gasteiger partial charge is 0.126 e. The van der Waals surface area contributed by atoms with Crippen LogP contribution in [0, 0.1) is 16.6 Å². The first-order valence-corrected chi connectivity index (χ1v) is 9.20. The van der Waals surface area contributed by atoms with Gasteiger partial charge < -0.3 is 4.74 Å². The van der Waals surface area contributed by atoms with E-state index in [-0.39, 0.29) is 5.82 Å². The van der Waals surface area contributed by atoms with Crippen molar-refractivity contribution in [2.75, 3.05) is 7.11 Å². The van der Waals surface area contributed by atoms with Gasteiger partial charge in [0.05, 0.1) is 12.0 Å². The topological polar surface area (TPSA) is 9.23 Å². The summed E-state index contributed by atoms with van der Waals surface area (Å²) in [7, 11) is 4.77. The number of ether oxygens (including phenoxy) is 1. The van der Waals surface area contributed by atoms with Gasteiger partial charge in [0.15, 0.2) is 0 Å². The summed E-state index contributed by atoms with van der Waals surface area (Å²) in [5.41, 5.74) is 3.54. The van der Waals surface area contributed by atoms with Crippen LogP contribution in [-0.2, 0) is 0 Å². The van der Waals surface area contributed by atoms with Crippen LogP contribution in [0.5, 0.6) is 5.75 Å². The first-order valence-electron chi connectivity index (χ1n) is 6.64. The van der Waals surface area contributed by atoms with Crippen molar-refractivity contribution >= 4 is 32.9 Å². The average molecular weight is 348 g/mol. The highest BCUT2D eigenvalue weighted by Crippen LogP contribution is 2.41. The van der Waals surface area contributed by atoms with E-state index in [0.717, 1.165) is 31.1 Å². The summed E-state index contributed by atoms with van der Waals surface area (Å²) < 4.78 is 19.9. The second kappa shape index (κ2) is 6.28. The molecule has 2 aromatic carbocycles. The Morgan fingerprint density at radius 1 is 1.00 bits per heavy atom. The molecule has 0 aliphatic rings. The van der Waals surface area contributed by atoms with E-state index in [4.69, 9.17) is 17.0 Å². The van der Waals surface area contributed by atoms with Crippen LogP contribution in [0.4, 0.5) is 4.39 Å². The molecule has 0 spiro atoms. The maximum absolute atomic E-state index is 13.9. The molecule has 1 nitrogen and oxygen atoms in total. The van der Waals surface area contributed by atoms with Gasteiger partial charge in [0, 0.05) is 5.56 Å². The van der Waals surface area contributed by atoms with Gasteiger partial charge in [-0.05, 0) is 41.8 Å². The van der Waals surface area contributed by atoms with Crippen LogP contribution in [0.3, 0.4) is 0 Å². The Hall–Kier alpha value is -1.56. The lowest BCUT2D eigenvalue weighted by Gasteiger charge is -2.06. The molecular formula is C17H13FOS3. The van der Waals surface area contributed by atoms with Gasteiger partial charge in [0.2, 0.25) is 0 Å². The van der Waals surface area contributed by atoms with E-state index in [2.05, 4.69) is 0 Å². The van der Waals surface area contributed by atoms with Gasteiger partial charge in [0.1, 0.15) is 15.4 Å². The third-order valence-corrected chi connectivity index (χ3v) is 6.51. The van der Waals surface area contributed by atoms with Crippen LogP contribution in [0.15, 0.2) is 42.5 Å². The molecule has 0 unspecified atom stereocenters. The van der Waals surface area contributed by atoms with Crippen molar-refractivity contribution in [3.63, 3.8) is 0 Å². The molecule has 0 atom stereocenters. The molecule has 0 fully saturated rings. The zero-order valence-electron chi connectivity index (χ0n) is 12.1. The molecule has 0 radical (unpaired) electrons. The molecule has 0 saturated carbocycles. The van der Waals surface area contributed by atoms with E-state index in [1.165, 1.54) is 0 Å². The monoisotopic (exact) mass is 348 g/mol. The first kappa shape index (κ1) is 15.3. The van der Waals surface area contributed by atoms with Crippen LogP contribution < -0.4 is 4.74 Å². The number of methoxy groups -OCH3 is 1. The maximum atomic E-state index is 13.9. The van der Waals surface area contributed by atoms with E-state index in [1.54, 1.807) is 46.8 Å². The summed E-state index contributed by atoms with van der Waals surface area (Å²) in [6.45, 7) is 1.76. The minimum atomic E-state index is -0.192. The number of hydrogen-bond donors (Lipinski definition) is 0. The van der Waals surface area contributed by atoms with Gasteiger partial charge in [-0.3, -0.25) is 0 Å². The molecule has 0 aliphatic carbocycles. The van der Waals surface area contributed by atoms with Crippen molar-refractivity contribution in [2.45, 2.75) is 6.92 Å². The Kier molecular flexibility index (Phi) is 4.38. The fourth-order valence-corrected chi connectivity index (χ4v) is 5.10. The number of halogens is 1. The number of aryl methyl sites for hydroxylation is 1. The van der Waals surface area contributed by atoms with Crippen LogP contribution in [0.1, 0.15) is 5.56 Å². The molecule has 0 bridgehead atoms. The van der Waals surface area contributed by atoms with Crippen LogP contribution in [0.25, 0.3) is 21.6 Å². The number of rotatable bonds is 3. The van der Waals surface area contributed by atoms with Crippen LogP contribution in [-0.4, -0.2) is 7.11 Å². The summed E-state index contributed by atoms with van der Waals surface area (Å²) in [5, 5.41) is 0. The summed E-state index contributed by atoms with van der Waals surface area (Å²) >= 11 is 5.48. The van der Waals surface area contributed by atoms with E-state index >= 15 is 0 Å². The SMILES string of the molecule is COc1ccc(-c2c(-c3ccc(C)c(F)c3)ssc2=S)cc1. The van der Waals surface area contributed by atoms with Gasteiger partial charge >= 0.3 is 0 Å². The molecule has 1 aromatic heterocycles. The normalized spacial score (nSPS) is 10.7. The summed E-state index contributed by atoms with van der Waals surface area (Å²) in [6.07, 6.45) is 0. The Morgan fingerprint density at radius 2 is 1.68 bits per heavy atom. The quantitative estimate of drug-likeness (QED) is 0.404. The second-order valence-corrected chi connectivity index (χ2v) is 7.67. The maximum Gasteiger partial charge on any atom is 0.126 e. The Morgan fingerprint density at radius 3 is 2.32 bits per heavy atom. The highest BCUT2D eigenvalue weighted by molar-refractivity contribution is 7.80. The molecule has 0 aliphatic heterocycles. The molecule has 5 heteroatoms.